The van der Waals surface area contributed by atoms with Gasteiger partial charge in [0.2, 0.25) is 0 Å². The van der Waals surface area contributed by atoms with Crippen molar-refractivity contribution in [2.45, 2.75) is 25.0 Å². The molecule has 1 aliphatic heterocycles. The van der Waals surface area contributed by atoms with Gasteiger partial charge in [0.25, 0.3) is 21.9 Å². The molecule has 2 aromatic heterocycles. The van der Waals surface area contributed by atoms with Crippen LogP contribution in [0.15, 0.2) is 27.7 Å². The second-order valence-corrected chi connectivity index (χ2v) is 7.34. The molecule has 0 spiro atoms. The number of hydrogen-bond donors (Lipinski definition) is 1. The number of carbonyl (C=O) groups is 3. The third-order valence-electron chi connectivity index (χ3n) is 4.03. The molecule has 1 saturated heterocycles. The largest absolute Gasteiger partial charge is 0.421 e. The second kappa shape index (κ2) is 6.55. The normalized spacial score (nSPS) is 17.6. The first-order chi connectivity index (χ1) is 12.6. The molecule has 1 aliphatic rings. The Balaban J connectivity index is 1.83. The summed E-state index contributed by atoms with van der Waals surface area (Å²) >= 11 is 0. The molecule has 3 heterocycles. The molecule has 11 nitrogen and oxygen atoms in total. The van der Waals surface area contributed by atoms with Crippen LogP contribution in [0.1, 0.15) is 17.5 Å². The van der Waals surface area contributed by atoms with Gasteiger partial charge in [-0.05, 0) is 18.6 Å². The summed E-state index contributed by atoms with van der Waals surface area (Å²) in [5.74, 6) is -3.65. The van der Waals surface area contributed by atoms with Crippen LogP contribution in [0, 0.1) is 6.92 Å². The first-order valence-corrected chi connectivity index (χ1v) is 9.00. The molecule has 1 fully saturated rings. The molecule has 0 aliphatic carbocycles. The van der Waals surface area contributed by atoms with Crippen LogP contribution >= 0.6 is 0 Å². The molecule has 0 radical (unpaired) electrons. The molecule has 1 unspecified atom stereocenters. The van der Waals surface area contributed by atoms with Gasteiger partial charge in [-0.1, -0.05) is 0 Å². The number of rotatable bonds is 4. The third kappa shape index (κ3) is 3.44. The molecule has 1 atom stereocenters. The van der Waals surface area contributed by atoms with Crippen LogP contribution < -0.4 is 5.63 Å². The van der Waals surface area contributed by atoms with Crippen molar-refractivity contribution < 1.29 is 36.6 Å². The van der Waals surface area contributed by atoms with Gasteiger partial charge in [-0.2, -0.15) is 8.42 Å². The molecule has 142 valence electrons. The Morgan fingerprint density at radius 3 is 2.74 bits per heavy atom. The molecular weight excluding hydrogens is 384 g/mol. The zero-order valence-corrected chi connectivity index (χ0v) is 14.6. The maximum atomic E-state index is 12.1. The van der Waals surface area contributed by atoms with E-state index in [0.29, 0.717) is 10.9 Å². The van der Waals surface area contributed by atoms with E-state index >= 15 is 0 Å². The summed E-state index contributed by atoms with van der Waals surface area (Å²) in [4.78, 5) is 56.2. The SMILES string of the molecule is Cc1c(CC(=O)ON2C(=O)CC(S(=O)(=O)O)C2=O)c(=O)oc2cnccc12. The predicted octanol–water partition coefficient (Wildman–Crippen LogP) is -0.488. The first-order valence-electron chi connectivity index (χ1n) is 7.49. The van der Waals surface area contributed by atoms with Crippen molar-refractivity contribution in [2.24, 2.45) is 0 Å². The van der Waals surface area contributed by atoms with Crippen molar-refractivity contribution in [1.29, 1.82) is 0 Å². The lowest BCUT2D eigenvalue weighted by atomic mass is 10.1. The van der Waals surface area contributed by atoms with Gasteiger partial charge < -0.3 is 9.25 Å². The Kier molecular flexibility index (Phi) is 4.53. The van der Waals surface area contributed by atoms with Crippen LogP contribution in [0.5, 0.6) is 0 Å². The van der Waals surface area contributed by atoms with Crippen molar-refractivity contribution >= 4 is 38.9 Å². The van der Waals surface area contributed by atoms with Gasteiger partial charge in [0, 0.05) is 11.6 Å². The minimum Gasteiger partial charge on any atom is -0.421 e. The van der Waals surface area contributed by atoms with E-state index in [4.69, 9.17) is 8.97 Å². The molecule has 2 amide bonds. The van der Waals surface area contributed by atoms with E-state index in [2.05, 4.69) is 9.82 Å². The van der Waals surface area contributed by atoms with Gasteiger partial charge in [-0.15, -0.1) is 5.06 Å². The van der Waals surface area contributed by atoms with Crippen molar-refractivity contribution in [2.75, 3.05) is 0 Å². The number of pyridine rings is 1. The number of carbonyl (C=O) groups excluding carboxylic acids is 3. The molecule has 0 bridgehead atoms. The highest BCUT2D eigenvalue weighted by Crippen LogP contribution is 2.21. The van der Waals surface area contributed by atoms with Crippen LogP contribution in [-0.2, 0) is 35.8 Å². The monoisotopic (exact) mass is 396 g/mol. The number of aryl methyl sites for hydroxylation is 1. The Morgan fingerprint density at radius 2 is 2.11 bits per heavy atom. The zero-order valence-electron chi connectivity index (χ0n) is 13.7. The van der Waals surface area contributed by atoms with Gasteiger partial charge in [-0.25, -0.2) is 9.59 Å². The second-order valence-electron chi connectivity index (χ2n) is 5.74. The number of hydrogen-bond acceptors (Lipinski definition) is 9. The van der Waals surface area contributed by atoms with Crippen LogP contribution in [0.2, 0.25) is 0 Å². The van der Waals surface area contributed by atoms with Gasteiger partial charge >= 0.3 is 11.6 Å². The fourth-order valence-corrected chi connectivity index (χ4v) is 3.35. The van der Waals surface area contributed by atoms with E-state index in [-0.39, 0.29) is 16.2 Å². The first kappa shape index (κ1) is 18.7. The number of imide groups is 1. The van der Waals surface area contributed by atoms with E-state index in [1.54, 1.807) is 13.0 Å². The summed E-state index contributed by atoms with van der Waals surface area (Å²) < 4.78 is 36.2. The van der Waals surface area contributed by atoms with Crippen molar-refractivity contribution in [3.05, 3.63) is 40.0 Å². The maximum Gasteiger partial charge on any atom is 0.340 e. The van der Waals surface area contributed by atoms with Gasteiger partial charge in [-0.3, -0.25) is 19.1 Å². The summed E-state index contributed by atoms with van der Waals surface area (Å²) in [5, 5.41) is -1.52. The predicted molar refractivity (Wildman–Crippen MR) is 86.6 cm³/mol. The maximum absolute atomic E-state index is 12.1. The Morgan fingerprint density at radius 1 is 1.41 bits per heavy atom. The Labute approximate surface area is 151 Å². The summed E-state index contributed by atoms with van der Waals surface area (Å²) in [5.41, 5.74) is -0.225. The third-order valence-corrected chi connectivity index (χ3v) is 5.11. The summed E-state index contributed by atoms with van der Waals surface area (Å²) in [6.07, 6.45) is 1.33. The van der Waals surface area contributed by atoms with Crippen molar-refractivity contribution in [3.63, 3.8) is 0 Å². The minimum absolute atomic E-state index is 0.0251. The molecule has 1 N–H and O–H groups in total. The topological polar surface area (TPSA) is 161 Å². The fourth-order valence-electron chi connectivity index (χ4n) is 2.64. The Bertz CT molecular complexity index is 1140. The van der Waals surface area contributed by atoms with Crippen molar-refractivity contribution in [1.82, 2.24) is 10.0 Å². The molecule has 0 aromatic carbocycles. The summed E-state index contributed by atoms with van der Waals surface area (Å²) in [6.45, 7) is 1.57. The van der Waals surface area contributed by atoms with Crippen LogP contribution in [0.3, 0.4) is 0 Å². The molecule has 2 aromatic rings. The van der Waals surface area contributed by atoms with E-state index in [9.17, 15) is 27.6 Å². The van der Waals surface area contributed by atoms with E-state index in [0.717, 1.165) is 0 Å². The van der Waals surface area contributed by atoms with Gasteiger partial charge in [0.1, 0.15) is 0 Å². The lowest BCUT2D eigenvalue weighted by Crippen LogP contribution is -2.37. The molecule has 3 rings (SSSR count). The van der Waals surface area contributed by atoms with Crippen LogP contribution in [0.25, 0.3) is 11.0 Å². The molecular formula is C15H12N2O9S. The van der Waals surface area contributed by atoms with E-state index < -0.39 is 51.6 Å². The number of hydroxylamine groups is 2. The van der Waals surface area contributed by atoms with Crippen molar-refractivity contribution in [3.8, 4) is 0 Å². The van der Waals surface area contributed by atoms with Gasteiger partial charge in [0.05, 0.1) is 24.6 Å². The molecule has 0 saturated carbocycles. The number of fused-ring (bicyclic) bond motifs is 1. The Hall–Kier alpha value is -3.12. The minimum atomic E-state index is -4.82. The highest BCUT2D eigenvalue weighted by Gasteiger charge is 2.48. The highest BCUT2D eigenvalue weighted by atomic mass is 32.2. The molecule has 27 heavy (non-hydrogen) atoms. The smallest absolute Gasteiger partial charge is 0.340 e. The van der Waals surface area contributed by atoms with E-state index in [1.807, 2.05) is 0 Å². The number of amides is 2. The number of aromatic nitrogens is 1. The average Bonchev–Trinajstić information content (AvgIpc) is 2.87. The quantitative estimate of drug-likeness (QED) is 0.527. The fraction of sp³-hybridized carbons (Fsp3) is 0.267. The lowest BCUT2D eigenvalue weighted by molar-refractivity contribution is -0.196. The summed E-state index contributed by atoms with van der Waals surface area (Å²) in [6, 6.07) is 1.58. The average molecular weight is 396 g/mol. The van der Waals surface area contributed by atoms with E-state index in [1.165, 1.54) is 12.4 Å². The molecule has 12 heteroatoms. The number of nitrogens with zero attached hydrogens (tertiary/aromatic N) is 2. The van der Waals surface area contributed by atoms with Gasteiger partial charge in [0.15, 0.2) is 10.8 Å². The standard InChI is InChI=1S/C15H12N2O9S/c1-7-8-2-3-16-6-10(8)25-15(21)9(7)4-13(19)26-17-12(18)5-11(14(17)20)27(22,23)24/h2-3,6,11H,4-5H2,1H3,(H,22,23,24). The summed E-state index contributed by atoms with van der Waals surface area (Å²) in [7, 11) is -4.82. The highest BCUT2D eigenvalue weighted by molar-refractivity contribution is 7.87. The van der Waals surface area contributed by atoms with Crippen LogP contribution in [0.4, 0.5) is 0 Å². The van der Waals surface area contributed by atoms with Crippen LogP contribution in [-0.4, -0.2) is 46.1 Å². The zero-order chi connectivity index (χ0) is 19.9. The lowest BCUT2D eigenvalue weighted by Gasteiger charge is -2.13.